The first kappa shape index (κ1) is 54.9. The van der Waals surface area contributed by atoms with Crippen molar-refractivity contribution in [3.63, 3.8) is 0 Å². The van der Waals surface area contributed by atoms with Gasteiger partial charge in [0.05, 0.1) is 65.6 Å². The van der Waals surface area contributed by atoms with Crippen LogP contribution in [0.1, 0.15) is 45.9 Å². The lowest BCUT2D eigenvalue weighted by atomic mass is 9.93. The average molecular weight is 1050 g/mol. The molecule has 0 N–H and O–H groups in total. The summed E-state index contributed by atoms with van der Waals surface area (Å²) >= 11 is 1.19. The Hall–Kier alpha value is -5.84. The van der Waals surface area contributed by atoms with Crippen LogP contribution in [-0.4, -0.2) is 85.3 Å². The first-order chi connectivity index (χ1) is 37.5. The second-order valence-electron chi connectivity index (χ2n) is 19.0. The first-order valence-corrected chi connectivity index (χ1v) is 27.1. The van der Waals surface area contributed by atoms with Gasteiger partial charge in [0, 0.05) is 12.7 Å². The predicted molar refractivity (Wildman–Crippen MR) is 293 cm³/mol. The molecule has 0 aromatic heterocycles. The summed E-state index contributed by atoms with van der Waals surface area (Å²) in [6.07, 6.45) is -7.95. The maximum atomic E-state index is 12.7. The Morgan fingerprint density at radius 2 is 0.645 bits per heavy atom. The Morgan fingerprint density at radius 1 is 0.355 bits per heavy atom. The Balaban J connectivity index is 1.12. The lowest BCUT2D eigenvalue weighted by Crippen LogP contribution is -2.66. The van der Waals surface area contributed by atoms with Gasteiger partial charge < -0.3 is 47.4 Å². The van der Waals surface area contributed by atoms with Crippen LogP contribution in [0.3, 0.4) is 0 Å². The van der Waals surface area contributed by atoms with Crippen LogP contribution in [0.2, 0.25) is 0 Å². The zero-order valence-corrected chi connectivity index (χ0v) is 43.8. The lowest BCUT2D eigenvalue weighted by molar-refractivity contribution is -0.362. The summed E-state index contributed by atoms with van der Waals surface area (Å²) in [5.41, 5.74) is 6.87. The highest BCUT2D eigenvalue weighted by Crippen LogP contribution is 2.37. The summed E-state index contributed by atoms with van der Waals surface area (Å²) in [6.45, 7) is 3.70. The zero-order chi connectivity index (χ0) is 52.0. The Bertz CT molecular complexity index is 2690. The van der Waals surface area contributed by atoms with E-state index in [1.54, 1.807) is 6.92 Å². The number of hydrogen-bond acceptors (Lipinski definition) is 12. The molecule has 0 aliphatic carbocycles. The molecule has 396 valence electrons. The van der Waals surface area contributed by atoms with Crippen LogP contribution >= 0.6 is 11.8 Å². The third-order valence-electron chi connectivity index (χ3n) is 13.3. The molecule has 2 aliphatic rings. The van der Waals surface area contributed by atoms with Crippen molar-refractivity contribution in [1.82, 2.24) is 0 Å². The van der Waals surface area contributed by atoms with Crippen LogP contribution < -0.4 is 0 Å². The van der Waals surface area contributed by atoms with Gasteiger partial charge >= 0.3 is 0 Å². The largest absolute Gasteiger partial charge is 0.374 e. The Labute approximate surface area is 451 Å². The molecule has 2 aliphatic heterocycles. The molecule has 0 spiro atoms. The standard InChI is InChI=1S/C64H68O11S/c1-47(65)76-46-57-59(69-40-51-29-15-5-16-30-51)61(70-41-52-31-17-6-18-32-52)60(56(73-57)45-67-38-49-25-11-3-12-26-49)75-64-63(72-43-54-35-21-8-22-36-54)62(71-42-53-33-19-7-20-34-53)58(68-39-50-27-13-4-14-28-50)55(74-64)44-66-37-48-23-9-2-10-24-48/h2-36,55-64H,37-46H2,1H3/t55-,56-,57+,58-,59+,60-,61-,62+,63-,64+/m1/s1. The van der Waals surface area contributed by atoms with Gasteiger partial charge in [0.2, 0.25) is 0 Å². The highest BCUT2D eigenvalue weighted by atomic mass is 32.2. The lowest BCUT2D eigenvalue weighted by Gasteiger charge is -2.50. The van der Waals surface area contributed by atoms with Gasteiger partial charge in [-0.2, -0.15) is 0 Å². The molecule has 2 saturated heterocycles. The number of carbonyl (C=O) groups is 1. The molecule has 12 heteroatoms. The van der Waals surface area contributed by atoms with Crippen LogP contribution in [0, 0.1) is 0 Å². The molecular weight excluding hydrogens is 977 g/mol. The molecule has 76 heavy (non-hydrogen) atoms. The number of carbonyl (C=O) groups excluding carboxylic acids is 1. The molecule has 2 fully saturated rings. The van der Waals surface area contributed by atoms with Gasteiger partial charge in [0.1, 0.15) is 48.8 Å². The molecule has 10 atom stereocenters. The minimum atomic E-state index is -1.11. The molecule has 2 heterocycles. The molecule has 0 amide bonds. The topological polar surface area (TPSA) is 109 Å². The first-order valence-electron chi connectivity index (χ1n) is 26.1. The monoisotopic (exact) mass is 1040 g/mol. The third-order valence-corrected chi connectivity index (χ3v) is 14.2. The summed E-state index contributed by atoms with van der Waals surface area (Å²) in [4.78, 5) is 12.7. The van der Waals surface area contributed by atoms with E-state index in [0.717, 1.165) is 38.9 Å². The molecule has 0 unspecified atom stereocenters. The minimum absolute atomic E-state index is 0.0393. The van der Waals surface area contributed by atoms with E-state index in [1.807, 2.05) is 212 Å². The fraction of sp³-hybridized carbons (Fsp3) is 0.328. The maximum absolute atomic E-state index is 12.7. The van der Waals surface area contributed by atoms with Crippen LogP contribution in [0.5, 0.6) is 0 Å². The SMILES string of the molecule is CC(=O)SC[C@@H]1O[C@H](COCc2ccccc2)[C@@H](O[C@@H]2O[C@H](COCc3ccccc3)[C@@H](OCc3ccccc3)[C@H](OCc3ccccc3)[C@H]2OCc2ccccc2)[C@H](OCc2ccccc2)[C@H]1OCc1ccccc1. The minimum Gasteiger partial charge on any atom is -0.374 e. The van der Waals surface area contributed by atoms with Gasteiger partial charge in [-0.3, -0.25) is 4.79 Å². The molecule has 0 saturated carbocycles. The Kier molecular flexibility index (Phi) is 21.4. The van der Waals surface area contributed by atoms with Crippen LogP contribution in [-0.2, 0) is 98.4 Å². The number of thioether (sulfide) groups is 1. The van der Waals surface area contributed by atoms with E-state index in [4.69, 9.17) is 47.4 Å². The van der Waals surface area contributed by atoms with Gasteiger partial charge in [-0.05, 0) is 38.9 Å². The second kappa shape index (κ2) is 29.6. The van der Waals surface area contributed by atoms with Gasteiger partial charge in [0.15, 0.2) is 11.4 Å². The number of hydrogen-bond donors (Lipinski definition) is 0. The maximum Gasteiger partial charge on any atom is 0.187 e. The molecule has 0 radical (unpaired) electrons. The van der Waals surface area contributed by atoms with E-state index in [2.05, 4.69) is 0 Å². The van der Waals surface area contributed by atoms with E-state index in [0.29, 0.717) is 19.0 Å². The van der Waals surface area contributed by atoms with Crippen molar-refractivity contribution in [1.29, 1.82) is 0 Å². The average Bonchev–Trinajstić information content (AvgIpc) is 3.47. The van der Waals surface area contributed by atoms with Crippen molar-refractivity contribution in [2.75, 3.05) is 19.0 Å². The highest BCUT2D eigenvalue weighted by Gasteiger charge is 2.54. The van der Waals surface area contributed by atoms with E-state index in [-0.39, 0.29) is 51.4 Å². The summed E-state index contributed by atoms with van der Waals surface area (Å²) in [5, 5.41) is -0.0393. The van der Waals surface area contributed by atoms with Crippen molar-refractivity contribution in [2.45, 2.75) is 114 Å². The summed E-state index contributed by atoms with van der Waals surface area (Å²) in [5.74, 6) is 0.307. The molecule has 11 nitrogen and oxygen atoms in total. The molecule has 7 aromatic carbocycles. The van der Waals surface area contributed by atoms with Gasteiger partial charge in [-0.1, -0.05) is 224 Å². The van der Waals surface area contributed by atoms with E-state index in [9.17, 15) is 4.79 Å². The Morgan fingerprint density at radius 3 is 1.00 bits per heavy atom. The smallest absolute Gasteiger partial charge is 0.187 e. The van der Waals surface area contributed by atoms with Gasteiger partial charge in [-0.25, -0.2) is 0 Å². The van der Waals surface area contributed by atoms with Crippen molar-refractivity contribution in [3.8, 4) is 0 Å². The van der Waals surface area contributed by atoms with Crippen molar-refractivity contribution in [3.05, 3.63) is 251 Å². The number of rotatable bonds is 27. The molecule has 7 aromatic rings. The predicted octanol–water partition coefficient (Wildman–Crippen LogP) is 11.5. The van der Waals surface area contributed by atoms with Crippen molar-refractivity contribution < 1.29 is 52.2 Å². The van der Waals surface area contributed by atoms with E-state index >= 15 is 0 Å². The van der Waals surface area contributed by atoms with Crippen LogP contribution in [0.15, 0.2) is 212 Å². The van der Waals surface area contributed by atoms with Crippen LogP contribution in [0.25, 0.3) is 0 Å². The van der Waals surface area contributed by atoms with Gasteiger partial charge in [0.25, 0.3) is 0 Å². The number of benzene rings is 7. The van der Waals surface area contributed by atoms with E-state index in [1.165, 1.54) is 11.8 Å². The van der Waals surface area contributed by atoms with Crippen molar-refractivity contribution in [2.24, 2.45) is 0 Å². The fourth-order valence-electron chi connectivity index (χ4n) is 9.43. The van der Waals surface area contributed by atoms with Gasteiger partial charge in [-0.15, -0.1) is 0 Å². The second-order valence-corrected chi connectivity index (χ2v) is 20.2. The normalized spacial score (nSPS) is 23.5. The number of ether oxygens (including phenoxy) is 10. The summed E-state index contributed by atoms with van der Waals surface area (Å²) in [7, 11) is 0. The van der Waals surface area contributed by atoms with Crippen LogP contribution in [0.4, 0.5) is 0 Å². The fourth-order valence-corrected chi connectivity index (χ4v) is 10.1. The zero-order valence-electron chi connectivity index (χ0n) is 43.0. The van der Waals surface area contributed by atoms with E-state index < -0.39 is 61.2 Å². The summed E-state index contributed by atoms with van der Waals surface area (Å²) in [6, 6.07) is 70.2. The van der Waals surface area contributed by atoms with Crippen molar-refractivity contribution >= 4 is 16.9 Å². The quantitative estimate of drug-likeness (QED) is 0.0489. The highest BCUT2D eigenvalue weighted by molar-refractivity contribution is 8.13. The molecule has 9 rings (SSSR count). The molecular formula is C64H68O11S. The summed E-state index contributed by atoms with van der Waals surface area (Å²) < 4.78 is 70.5. The molecule has 0 bridgehead atoms. The third kappa shape index (κ3) is 16.6.